The summed E-state index contributed by atoms with van der Waals surface area (Å²) >= 11 is 1.45. The molecule has 0 aliphatic rings. The van der Waals surface area contributed by atoms with E-state index in [-0.39, 0.29) is 0 Å². The molecule has 3 N–H and O–H groups in total. The Morgan fingerprint density at radius 1 is 1.64 bits per heavy atom. The fourth-order valence-electron chi connectivity index (χ4n) is 0.556. The molecule has 0 radical (unpaired) electrons. The Hall–Kier alpha value is -0.870. The number of nitrogens with two attached hydrogens (primary N) is 1. The van der Waals surface area contributed by atoms with Crippen LogP contribution in [0.25, 0.3) is 0 Å². The van der Waals surface area contributed by atoms with Gasteiger partial charge in [0.05, 0.1) is 5.56 Å². The first-order valence-corrected chi connectivity index (χ1v) is 3.94. The van der Waals surface area contributed by atoms with Gasteiger partial charge in [-0.3, -0.25) is 0 Å². The second kappa shape index (κ2) is 4.87. The van der Waals surface area contributed by atoms with Crippen molar-refractivity contribution in [3.63, 3.8) is 0 Å². The minimum absolute atomic E-state index is 0.387. The van der Waals surface area contributed by atoms with Crippen LogP contribution in [0.3, 0.4) is 0 Å². The normalized spacial score (nSPS) is 8.27. The van der Waals surface area contributed by atoms with E-state index in [0.29, 0.717) is 5.56 Å². The largest absolute Gasteiger partial charge is 0.478 e. The average Bonchev–Trinajstić information content (AvgIpc) is 2.40. The maximum atomic E-state index is 10.2. The zero-order chi connectivity index (χ0) is 8.85. The highest BCUT2D eigenvalue weighted by Gasteiger charge is 2.02. The molecule has 0 aliphatic carbocycles. The summed E-state index contributed by atoms with van der Waals surface area (Å²) in [5.74, 6) is -0.848. The Kier molecular flexibility index (Phi) is 4.49. The predicted octanol–water partition coefficient (Wildman–Crippen LogP) is 1.33. The van der Waals surface area contributed by atoms with Crippen molar-refractivity contribution in [1.29, 1.82) is 0 Å². The van der Waals surface area contributed by atoms with Gasteiger partial charge in [-0.2, -0.15) is 0 Å². The van der Waals surface area contributed by atoms with Gasteiger partial charge in [0.15, 0.2) is 0 Å². The number of thiophene rings is 1. The quantitative estimate of drug-likeness (QED) is 0.673. The summed E-state index contributed by atoms with van der Waals surface area (Å²) in [5, 5.41) is 10.0. The van der Waals surface area contributed by atoms with Gasteiger partial charge in [0, 0.05) is 10.3 Å². The van der Waals surface area contributed by atoms with Gasteiger partial charge in [0.2, 0.25) is 0 Å². The lowest BCUT2D eigenvalue weighted by Crippen LogP contribution is -1.91. The van der Waals surface area contributed by atoms with Crippen LogP contribution in [0.4, 0.5) is 0 Å². The summed E-state index contributed by atoms with van der Waals surface area (Å²) in [6.07, 6.45) is 0. The van der Waals surface area contributed by atoms with Gasteiger partial charge >= 0.3 is 5.97 Å². The number of carbonyl (C=O) groups is 1. The van der Waals surface area contributed by atoms with Gasteiger partial charge in [0.1, 0.15) is 0 Å². The number of carboxylic acids is 1. The molecule has 11 heavy (non-hydrogen) atoms. The monoisotopic (exact) mass is 173 g/mol. The Bertz CT molecular complexity index is 232. The lowest BCUT2D eigenvalue weighted by molar-refractivity contribution is 0.0697. The number of hydrogen-bond acceptors (Lipinski definition) is 3. The third-order valence-corrected chi connectivity index (χ3v) is 1.84. The summed E-state index contributed by atoms with van der Waals surface area (Å²) in [7, 11) is 1.50. The van der Waals surface area contributed by atoms with Crippen molar-refractivity contribution in [3.8, 4) is 0 Å². The zero-order valence-electron chi connectivity index (χ0n) is 6.50. The van der Waals surface area contributed by atoms with Crippen molar-refractivity contribution >= 4 is 17.3 Å². The lowest BCUT2D eigenvalue weighted by Gasteiger charge is -1.80. The first-order valence-electron chi connectivity index (χ1n) is 3.06. The molecule has 0 atom stereocenters. The standard InChI is InChI=1S/C6H6O2S.CH5N/c1-4-2-5(3-9-4)6(7)8;1-2/h2-3H,1H3,(H,7,8);2H2,1H3. The van der Waals surface area contributed by atoms with Crippen molar-refractivity contribution in [2.45, 2.75) is 6.92 Å². The first-order chi connectivity index (χ1) is 5.20. The Morgan fingerprint density at radius 3 is 2.36 bits per heavy atom. The van der Waals surface area contributed by atoms with Crippen molar-refractivity contribution < 1.29 is 9.90 Å². The van der Waals surface area contributed by atoms with Crippen LogP contribution in [0.2, 0.25) is 0 Å². The van der Waals surface area contributed by atoms with Crippen LogP contribution >= 0.6 is 11.3 Å². The van der Waals surface area contributed by atoms with Crippen LogP contribution in [0.1, 0.15) is 15.2 Å². The number of aromatic carboxylic acids is 1. The molecule has 0 fully saturated rings. The van der Waals surface area contributed by atoms with E-state index in [4.69, 9.17) is 5.11 Å². The van der Waals surface area contributed by atoms with E-state index in [9.17, 15) is 4.79 Å². The van der Waals surface area contributed by atoms with Crippen molar-refractivity contribution in [1.82, 2.24) is 0 Å². The second-order valence-corrected chi connectivity index (χ2v) is 2.87. The maximum Gasteiger partial charge on any atom is 0.336 e. The van der Waals surface area contributed by atoms with E-state index >= 15 is 0 Å². The molecule has 1 aromatic heterocycles. The van der Waals surface area contributed by atoms with E-state index in [0.717, 1.165) is 4.88 Å². The molecule has 0 aliphatic heterocycles. The first kappa shape index (κ1) is 10.1. The SMILES string of the molecule is CN.Cc1cc(C(=O)O)cs1. The Morgan fingerprint density at radius 2 is 2.18 bits per heavy atom. The Labute approximate surface area is 69.5 Å². The van der Waals surface area contributed by atoms with Gasteiger partial charge in [-0.15, -0.1) is 11.3 Å². The molecule has 3 nitrogen and oxygen atoms in total. The molecule has 0 bridgehead atoms. The summed E-state index contributed by atoms with van der Waals surface area (Å²) in [6, 6.07) is 1.66. The van der Waals surface area contributed by atoms with E-state index in [2.05, 4.69) is 5.73 Å². The molecule has 0 aromatic carbocycles. The molecule has 1 aromatic rings. The molecular weight excluding hydrogens is 162 g/mol. The number of hydrogen-bond donors (Lipinski definition) is 2. The third kappa shape index (κ3) is 3.15. The van der Waals surface area contributed by atoms with E-state index < -0.39 is 5.97 Å². The average molecular weight is 173 g/mol. The highest BCUT2D eigenvalue weighted by Crippen LogP contribution is 2.12. The summed E-state index contributed by atoms with van der Waals surface area (Å²) in [5.41, 5.74) is 4.89. The number of rotatable bonds is 1. The number of carboxylic acid groups (broad SMARTS) is 1. The molecule has 4 heteroatoms. The summed E-state index contributed by atoms with van der Waals surface area (Å²) in [4.78, 5) is 11.3. The van der Waals surface area contributed by atoms with E-state index in [1.807, 2.05) is 6.92 Å². The molecule has 1 heterocycles. The molecular formula is C7H11NO2S. The van der Waals surface area contributed by atoms with Crippen LogP contribution in [0, 0.1) is 6.92 Å². The third-order valence-electron chi connectivity index (χ3n) is 0.978. The second-order valence-electron chi connectivity index (χ2n) is 1.75. The molecule has 0 amide bonds. The van der Waals surface area contributed by atoms with E-state index in [1.54, 1.807) is 11.4 Å². The fraction of sp³-hybridized carbons (Fsp3) is 0.286. The minimum Gasteiger partial charge on any atom is -0.478 e. The molecule has 0 spiro atoms. The molecule has 0 saturated carbocycles. The molecule has 1 rings (SSSR count). The van der Waals surface area contributed by atoms with Gasteiger partial charge in [-0.05, 0) is 20.0 Å². The topological polar surface area (TPSA) is 63.3 Å². The van der Waals surface area contributed by atoms with Crippen LogP contribution in [0.15, 0.2) is 11.4 Å². The smallest absolute Gasteiger partial charge is 0.336 e. The van der Waals surface area contributed by atoms with Crippen LogP contribution in [-0.2, 0) is 0 Å². The highest BCUT2D eigenvalue weighted by molar-refractivity contribution is 7.10. The molecule has 62 valence electrons. The predicted molar refractivity (Wildman–Crippen MR) is 46.1 cm³/mol. The van der Waals surface area contributed by atoms with Crippen molar-refractivity contribution in [3.05, 3.63) is 21.9 Å². The maximum absolute atomic E-state index is 10.2. The fourth-order valence-corrected chi connectivity index (χ4v) is 1.23. The van der Waals surface area contributed by atoms with Gasteiger partial charge in [-0.25, -0.2) is 4.79 Å². The summed E-state index contributed by atoms with van der Waals surface area (Å²) < 4.78 is 0. The Balaban J connectivity index is 0.000000461. The molecule has 0 unspecified atom stereocenters. The minimum atomic E-state index is -0.848. The van der Waals surface area contributed by atoms with Crippen molar-refractivity contribution in [2.75, 3.05) is 7.05 Å². The van der Waals surface area contributed by atoms with Gasteiger partial charge in [-0.1, -0.05) is 0 Å². The summed E-state index contributed by atoms with van der Waals surface area (Å²) in [6.45, 7) is 1.89. The highest BCUT2D eigenvalue weighted by atomic mass is 32.1. The zero-order valence-corrected chi connectivity index (χ0v) is 7.31. The van der Waals surface area contributed by atoms with Crippen LogP contribution in [-0.4, -0.2) is 18.1 Å². The van der Waals surface area contributed by atoms with Gasteiger partial charge in [0.25, 0.3) is 0 Å². The van der Waals surface area contributed by atoms with E-state index in [1.165, 1.54) is 18.4 Å². The lowest BCUT2D eigenvalue weighted by atomic mass is 10.3. The van der Waals surface area contributed by atoms with Crippen LogP contribution < -0.4 is 5.73 Å². The van der Waals surface area contributed by atoms with Crippen molar-refractivity contribution in [2.24, 2.45) is 5.73 Å². The van der Waals surface area contributed by atoms with Crippen LogP contribution in [0.5, 0.6) is 0 Å². The number of aryl methyl sites for hydroxylation is 1. The van der Waals surface area contributed by atoms with Gasteiger partial charge < -0.3 is 10.8 Å². The molecule has 0 saturated heterocycles.